The molecule has 0 spiro atoms. The summed E-state index contributed by atoms with van der Waals surface area (Å²) < 4.78 is 0. The second kappa shape index (κ2) is 5.31. The summed E-state index contributed by atoms with van der Waals surface area (Å²) in [6.07, 6.45) is 5.08. The van der Waals surface area contributed by atoms with Gasteiger partial charge in [0.1, 0.15) is 0 Å². The highest BCUT2D eigenvalue weighted by Gasteiger charge is 2.33. The minimum Gasteiger partial charge on any atom is -0.392 e. The molecule has 1 rings (SSSR count). The molecule has 0 heterocycles. The van der Waals surface area contributed by atoms with Crippen molar-refractivity contribution < 1.29 is 5.11 Å². The van der Waals surface area contributed by atoms with E-state index in [-0.39, 0.29) is 6.10 Å². The van der Waals surface area contributed by atoms with Crippen molar-refractivity contribution in [3.8, 4) is 0 Å². The van der Waals surface area contributed by atoms with Crippen molar-refractivity contribution in [3.63, 3.8) is 0 Å². The largest absolute Gasteiger partial charge is 0.392 e. The van der Waals surface area contributed by atoms with Crippen LogP contribution in [0.3, 0.4) is 0 Å². The first-order chi connectivity index (χ1) is 6.91. The maximum Gasteiger partial charge on any atom is 0.0636 e. The highest BCUT2D eigenvalue weighted by atomic mass is 16.3. The standard InChI is InChI=1S/C13H27NO/c1-10(15)9-14-12-8-6-5-7-11(12)13(2,3)4/h10-12,14-15H,5-9H2,1-4H3/t10-,11-,12+/m0/s1. The van der Waals surface area contributed by atoms with Crippen LogP contribution >= 0.6 is 0 Å². The van der Waals surface area contributed by atoms with E-state index in [2.05, 4.69) is 26.1 Å². The molecule has 2 N–H and O–H groups in total. The molecule has 1 aliphatic rings. The molecule has 0 aromatic carbocycles. The van der Waals surface area contributed by atoms with Gasteiger partial charge in [0.05, 0.1) is 6.10 Å². The molecule has 2 heteroatoms. The molecule has 1 fully saturated rings. The lowest BCUT2D eigenvalue weighted by Crippen LogP contribution is -2.46. The molecule has 1 aliphatic carbocycles. The summed E-state index contributed by atoms with van der Waals surface area (Å²) in [6, 6.07) is 0.605. The molecule has 0 amide bonds. The van der Waals surface area contributed by atoms with E-state index < -0.39 is 0 Å². The molecule has 15 heavy (non-hydrogen) atoms. The minimum atomic E-state index is -0.229. The van der Waals surface area contributed by atoms with E-state index in [0.717, 1.165) is 12.5 Å². The van der Waals surface area contributed by atoms with E-state index in [1.807, 2.05) is 6.92 Å². The Balaban J connectivity index is 2.50. The number of hydrogen-bond acceptors (Lipinski definition) is 2. The van der Waals surface area contributed by atoms with Gasteiger partial charge in [-0.1, -0.05) is 33.6 Å². The van der Waals surface area contributed by atoms with E-state index in [4.69, 9.17) is 0 Å². The summed E-state index contributed by atoms with van der Waals surface area (Å²) in [5.41, 5.74) is 0.386. The zero-order chi connectivity index (χ0) is 11.5. The number of aliphatic hydroxyl groups excluding tert-OH is 1. The molecule has 0 saturated heterocycles. The molecular weight excluding hydrogens is 186 g/mol. The average Bonchev–Trinajstić information content (AvgIpc) is 2.13. The monoisotopic (exact) mass is 213 g/mol. The van der Waals surface area contributed by atoms with Gasteiger partial charge in [-0.3, -0.25) is 0 Å². The van der Waals surface area contributed by atoms with Gasteiger partial charge in [-0.2, -0.15) is 0 Å². The molecule has 0 aromatic rings. The Bertz CT molecular complexity index is 183. The third-order valence-corrected chi connectivity index (χ3v) is 3.55. The van der Waals surface area contributed by atoms with Crippen molar-refractivity contribution in [2.75, 3.05) is 6.54 Å². The van der Waals surface area contributed by atoms with Gasteiger partial charge in [-0.15, -0.1) is 0 Å². The van der Waals surface area contributed by atoms with Crippen molar-refractivity contribution in [2.45, 2.75) is 65.5 Å². The predicted molar refractivity (Wildman–Crippen MR) is 64.9 cm³/mol. The first-order valence-electron chi connectivity index (χ1n) is 6.32. The fourth-order valence-corrected chi connectivity index (χ4v) is 2.73. The van der Waals surface area contributed by atoms with E-state index in [1.165, 1.54) is 25.7 Å². The Labute approximate surface area is 94.5 Å². The normalized spacial score (nSPS) is 30.2. The average molecular weight is 213 g/mol. The summed E-state index contributed by atoms with van der Waals surface area (Å²) in [4.78, 5) is 0. The van der Waals surface area contributed by atoms with Crippen molar-refractivity contribution in [1.29, 1.82) is 0 Å². The minimum absolute atomic E-state index is 0.229. The van der Waals surface area contributed by atoms with Gasteiger partial charge >= 0.3 is 0 Å². The van der Waals surface area contributed by atoms with Crippen LogP contribution in [0.25, 0.3) is 0 Å². The molecule has 2 nitrogen and oxygen atoms in total. The summed E-state index contributed by atoms with van der Waals surface area (Å²) in [7, 11) is 0. The predicted octanol–water partition coefficient (Wildman–Crippen LogP) is 2.56. The van der Waals surface area contributed by atoms with Gasteiger partial charge in [0.25, 0.3) is 0 Å². The fourth-order valence-electron chi connectivity index (χ4n) is 2.73. The van der Waals surface area contributed by atoms with Crippen LogP contribution in [-0.2, 0) is 0 Å². The quantitative estimate of drug-likeness (QED) is 0.755. The summed E-state index contributed by atoms with van der Waals surface area (Å²) in [5, 5.41) is 12.8. The zero-order valence-corrected chi connectivity index (χ0v) is 10.7. The van der Waals surface area contributed by atoms with Gasteiger partial charge in [0, 0.05) is 12.6 Å². The van der Waals surface area contributed by atoms with Crippen LogP contribution in [0.5, 0.6) is 0 Å². The van der Waals surface area contributed by atoms with Gasteiger partial charge < -0.3 is 10.4 Å². The molecule has 0 aromatic heterocycles. The van der Waals surface area contributed by atoms with Crippen molar-refractivity contribution in [1.82, 2.24) is 5.32 Å². The molecular formula is C13H27NO. The van der Waals surface area contributed by atoms with Crippen LogP contribution in [0.2, 0.25) is 0 Å². The van der Waals surface area contributed by atoms with Crippen LogP contribution in [-0.4, -0.2) is 23.8 Å². The maximum atomic E-state index is 9.31. The first-order valence-corrected chi connectivity index (χ1v) is 6.32. The van der Waals surface area contributed by atoms with Gasteiger partial charge in [0.15, 0.2) is 0 Å². The van der Waals surface area contributed by atoms with Gasteiger partial charge in [-0.25, -0.2) is 0 Å². The second-order valence-electron chi connectivity index (χ2n) is 6.12. The lowest BCUT2D eigenvalue weighted by Gasteiger charge is -2.41. The van der Waals surface area contributed by atoms with E-state index in [9.17, 15) is 5.11 Å². The number of rotatable bonds is 3. The Kier molecular flexibility index (Phi) is 4.60. The van der Waals surface area contributed by atoms with Crippen LogP contribution in [0.4, 0.5) is 0 Å². The SMILES string of the molecule is C[C@H](O)CN[C@@H]1CCCC[C@@H]1C(C)(C)C. The van der Waals surface area contributed by atoms with E-state index in [1.54, 1.807) is 0 Å². The first kappa shape index (κ1) is 13.0. The van der Waals surface area contributed by atoms with Crippen molar-refractivity contribution in [2.24, 2.45) is 11.3 Å². The molecule has 90 valence electrons. The van der Waals surface area contributed by atoms with E-state index in [0.29, 0.717) is 11.5 Å². The number of nitrogens with one attached hydrogen (secondary N) is 1. The highest BCUT2D eigenvalue weighted by Crippen LogP contribution is 2.37. The third-order valence-electron chi connectivity index (χ3n) is 3.55. The number of hydrogen-bond donors (Lipinski definition) is 2. The smallest absolute Gasteiger partial charge is 0.0636 e. The summed E-state index contributed by atoms with van der Waals surface area (Å²) in [6.45, 7) is 9.58. The van der Waals surface area contributed by atoms with Crippen LogP contribution in [0.15, 0.2) is 0 Å². The molecule has 3 atom stereocenters. The molecule has 0 unspecified atom stereocenters. The number of aliphatic hydroxyl groups is 1. The van der Waals surface area contributed by atoms with Crippen LogP contribution in [0.1, 0.15) is 53.4 Å². The Morgan fingerprint density at radius 2 is 1.87 bits per heavy atom. The van der Waals surface area contributed by atoms with Crippen molar-refractivity contribution in [3.05, 3.63) is 0 Å². The summed E-state index contributed by atoms with van der Waals surface area (Å²) >= 11 is 0. The Morgan fingerprint density at radius 1 is 1.27 bits per heavy atom. The topological polar surface area (TPSA) is 32.3 Å². The summed E-state index contributed by atoms with van der Waals surface area (Å²) in [5.74, 6) is 0.755. The fraction of sp³-hybridized carbons (Fsp3) is 1.00. The van der Waals surface area contributed by atoms with E-state index >= 15 is 0 Å². The second-order valence-corrected chi connectivity index (χ2v) is 6.12. The van der Waals surface area contributed by atoms with Gasteiger partial charge in [-0.05, 0) is 31.1 Å². The van der Waals surface area contributed by atoms with Crippen LogP contribution in [0, 0.1) is 11.3 Å². The molecule has 0 bridgehead atoms. The third kappa shape index (κ3) is 4.12. The van der Waals surface area contributed by atoms with Gasteiger partial charge in [0.2, 0.25) is 0 Å². The van der Waals surface area contributed by atoms with Crippen LogP contribution < -0.4 is 5.32 Å². The Hall–Kier alpha value is -0.0800. The van der Waals surface area contributed by atoms with Crippen molar-refractivity contribution >= 4 is 0 Å². The molecule has 0 aliphatic heterocycles. The molecule has 1 saturated carbocycles. The molecule has 0 radical (unpaired) electrons. The highest BCUT2D eigenvalue weighted by molar-refractivity contribution is 4.88. The zero-order valence-electron chi connectivity index (χ0n) is 10.7. The maximum absolute atomic E-state index is 9.31. The lowest BCUT2D eigenvalue weighted by molar-refractivity contribution is 0.114. The lowest BCUT2D eigenvalue weighted by atomic mass is 9.69. The Morgan fingerprint density at radius 3 is 2.40 bits per heavy atom.